The number of amides is 2. The summed E-state index contributed by atoms with van der Waals surface area (Å²) in [5, 5.41) is 2.91. The van der Waals surface area contributed by atoms with Gasteiger partial charge in [-0.2, -0.15) is 0 Å². The van der Waals surface area contributed by atoms with E-state index in [4.69, 9.17) is 5.73 Å². The molecule has 1 aromatic carbocycles. The van der Waals surface area contributed by atoms with E-state index in [-0.39, 0.29) is 23.8 Å². The van der Waals surface area contributed by atoms with E-state index in [1.807, 2.05) is 6.07 Å². The highest BCUT2D eigenvalue weighted by atomic mass is 16.2. The van der Waals surface area contributed by atoms with Gasteiger partial charge in [0.2, 0.25) is 11.8 Å². The van der Waals surface area contributed by atoms with Gasteiger partial charge in [0.05, 0.1) is 6.54 Å². The van der Waals surface area contributed by atoms with E-state index in [9.17, 15) is 9.59 Å². The first-order valence-electron chi connectivity index (χ1n) is 9.88. The van der Waals surface area contributed by atoms with E-state index < -0.39 is 0 Å². The molecule has 2 heterocycles. The van der Waals surface area contributed by atoms with Crippen LogP contribution in [0.1, 0.15) is 31.2 Å². The van der Waals surface area contributed by atoms with Gasteiger partial charge < -0.3 is 11.1 Å². The normalized spacial score (nSPS) is 19.4. The van der Waals surface area contributed by atoms with Gasteiger partial charge in [0.25, 0.3) is 0 Å². The number of benzene rings is 1. The van der Waals surface area contributed by atoms with Crippen molar-refractivity contribution in [2.45, 2.75) is 38.1 Å². The molecular formula is C22H28N4O2. The molecular weight excluding hydrogens is 352 g/mol. The molecule has 1 fully saturated rings. The van der Waals surface area contributed by atoms with Crippen molar-refractivity contribution in [1.29, 1.82) is 0 Å². The number of likely N-dealkylation sites (tertiary alicyclic amines) is 1. The second-order valence-electron chi connectivity index (χ2n) is 7.42. The molecule has 0 bridgehead atoms. The van der Waals surface area contributed by atoms with Crippen molar-refractivity contribution in [2.24, 2.45) is 11.7 Å². The number of primary amides is 1. The van der Waals surface area contributed by atoms with Gasteiger partial charge >= 0.3 is 0 Å². The third-order valence-corrected chi connectivity index (χ3v) is 5.38. The topological polar surface area (TPSA) is 88.3 Å². The molecule has 1 aliphatic rings. The monoisotopic (exact) mass is 380 g/mol. The number of nitrogens with one attached hydrogen (secondary N) is 1. The predicted octanol–water partition coefficient (Wildman–Crippen LogP) is 2.61. The Morgan fingerprint density at radius 3 is 2.61 bits per heavy atom. The lowest BCUT2D eigenvalue weighted by Crippen LogP contribution is -2.39. The summed E-state index contributed by atoms with van der Waals surface area (Å²) < 4.78 is 0. The highest BCUT2D eigenvalue weighted by Crippen LogP contribution is 2.30. The fourth-order valence-electron chi connectivity index (χ4n) is 4.08. The fraction of sp³-hybridized carbons (Fsp3) is 0.409. The number of carbonyl (C=O) groups excluding carboxylic acids is 2. The Labute approximate surface area is 166 Å². The smallest absolute Gasteiger partial charge is 0.238 e. The lowest BCUT2D eigenvalue weighted by Gasteiger charge is -2.27. The minimum absolute atomic E-state index is 0.0426. The Morgan fingerprint density at radius 2 is 1.89 bits per heavy atom. The van der Waals surface area contributed by atoms with E-state index in [0.717, 1.165) is 37.9 Å². The van der Waals surface area contributed by atoms with Gasteiger partial charge in [0, 0.05) is 30.5 Å². The van der Waals surface area contributed by atoms with Gasteiger partial charge in [-0.15, -0.1) is 0 Å². The zero-order valence-electron chi connectivity index (χ0n) is 16.1. The summed E-state index contributed by atoms with van der Waals surface area (Å²) in [5.74, 6) is -0.0814. The molecule has 148 valence electrons. The number of anilines is 1. The molecule has 3 N–H and O–H groups in total. The van der Waals surface area contributed by atoms with Crippen molar-refractivity contribution in [2.75, 3.05) is 18.4 Å². The molecule has 2 atom stereocenters. The molecule has 3 rings (SSSR count). The Kier molecular flexibility index (Phi) is 7.14. The van der Waals surface area contributed by atoms with Gasteiger partial charge in [-0.05, 0) is 55.8 Å². The van der Waals surface area contributed by atoms with Crippen LogP contribution in [0.25, 0.3) is 0 Å². The molecule has 6 nitrogen and oxygen atoms in total. The summed E-state index contributed by atoms with van der Waals surface area (Å²) in [5.41, 5.74) is 7.52. The molecule has 1 saturated heterocycles. The predicted molar refractivity (Wildman–Crippen MR) is 110 cm³/mol. The Balaban J connectivity index is 1.57. The standard InChI is InChI=1S/C22H28N4O2/c23-21(27)15-18-11-14-26(16-22(28)25-19-9-12-24-13-10-19)20(18)8-4-7-17-5-2-1-3-6-17/h1-3,5-6,9-10,12-13,18,20H,4,7-8,11,14-16H2,(H2,23,27)(H,24,25,28). The molecule has 6 heteroatoms. The second-order valence-corrected chi connectivity index (χ2v) is 7.42. The van der Waals surface area contributed by atoms with Crippen LogP contribution < -0.4 is 11.1 Å². The molecule has 2 unspecified atom stereocenters. The zero-order valence-corrected chi connectivity index (χ0v) is 16.1. The van der Waals surface area contributed by atoms with E-state index in [0.29, 0.717) is 13.0 Å². The molecule has 1 aliphatic heterocycles. The summed E-state index contributed by atoms with van der Waals surface area (Å²) in [4.78, 5) is 30.1. The molecule has 0 spiro atoms. The molecule has 0 radical (unpaired) electrons. The molecule has 2 amide bonds. The number of hydrogen-bond donors (Lipinski definition) is 2. The van der Waals surface area contributed by atoms with Crippen molar-refractivity contribution in [3.63, 3.8) is 0 Å². The number of nitrogens with two attached hydrogens (primary N) is 1. The van der Waals surface area contributed by atoms with Gasteiger partial charge in [-0.3, -0.25) is 19.5 Å². The summed E-state index contributed by atoms with van der Waals surface area (Å²) in [6.07, 6.45) is 7.57. The number of rotatable bonds is 9. The quantitative estimate of drug-likeness (QED) is 0.700. The SMILES string of the molecule is NC(=O)CC1CCN(CC(=O)Nc2ccncc2)C1CCCc1ccccc1. The van der Waals surface area contributed by atoms with Crippen LogP contribution >= 0.6 is 0 Å². The largest absolute Gasteiger partial charge is 0.370 e. The first-order valence-corrected chi connectivity index (χ1v) is 9.88. The summed E-state index contributed by atoms with van der Waals surface area (Å²) >= 11 is 0. The maximum Gasteiger partial charge on any atom is 0.238 e. The number of aryl methyl sites for hydroxylation is 1. The molecule has 0 saturated carbocycles. The lowest BCUT2D eigenvalue weighted by atomic mass is 9.91. The van der Waals surface area contributed by atoms with Crippen molar-refractivity contribution >= 4 is 17.5 Å². The molecule has 0 aliphatic carbocycles. The van der Waals surface area contributed by atoms with E-state index in [2.05, 4.69) is 39.5 Å². The van der Waals surface area contributed by atoms with Crippen LogP contribution in [-0.4, -0.2) is 40.8 Å². The third-order valence-electron chi connectivity index (χ3n) is 5.38. The number of hydrogen-bond acceptors (Lipinski definition) is 4. The van der Waals surface area contributed by atoms with Crippen LogP contribution in [0.3, 0.4) is 0 Å². The third kappa shape index (κ3) is 5.89. The van der Waals surface area contributed by atoms with Crippen LogP contribution in [0.15, 0.2) is 54.9 Å². The average Bonchev–Trinajstić information content (AvgIpc) is 3.04. The van der Waals surface area contributed by atoms with Crippen LogP contribution in [0.2, 0.25) is 0 Å². The second kappa shape index (κ2) is 9.99. The number of carbonyl (C=O) groups is 2. The Bertz CT molecular complexity index is 767. The van der Waals surface area contributed by atoms with Crippen molar-refractivity contribution in [1.82, 2.24) is 9.88 Å². The number of aromatic nitrogens is 1. The Hall–Kier alpha value is -2.73. The summed E-state index contributed by atoms with van der Waals surface area (Å²) in [7, 11) is 0. The first kappa shape index (κ1) is 20.0. The highest BCUT2D eigenvalue weighted by molar-refractivity contribution is 5.92. The van der Waals surface area contributed by atoms with Crippen LogP contribution in [0, 0.1) is 5.92 Å². The van der Waals surface area contributed by atoms with Gasteiger partial charge in [-0.25, -0.2) is 0 Å². The van der Waals surface area contributed by atoms with Crippen molar-refractivity contribution in [3.8, 4) is 0 Å². The highest BCUT2D eigenvalue weighted by Gasteiger charge is 2.35. The van der Waals surface area contributed by atoms with E-state index in [1.165, 1.54) is 5.56 Å². The lowest BCUT2D eigenvalue weighted by molar-refractivity contribution is -0.119. The number of pyridine rings is 1. The minimum Gasteiger partial charge on any atom is -0.370 e. The molecule has 2 aromatic rings. The fourth-order valence-corrected chi connectivity index (χ4v) is 4.08. The van der Waals surface area contributed by atoms with Crippen LogP contribution in [-0.2, 0) is 16.0 Å². The van der Waals surface area contributed by atoms with Gasteiger partial charge in [0.15, 0.2) is 0 Å². The van der Waals surface area contributed by atoms with Crippen LogP contribution in [0.5, 0.6) is 0 Å². The molecule has 28 heavy (non-hydrogen) atoms. The van der Waals surface area contributed by atoms with Crippen LogP contribution in [0.4, 0.5) is 5.69 Å². The first-order chi connectivity index (χ1) is 13.6. The summed E-state index contributed by atoms with van der Waals surface area (Å²) in [6, 6.07) is 14.1. The Morgan fingerprint density at radius 1 is 1.14 bits per heavy atom. The van der Waals surface area contributed by atoms with E-state index >= 15 is 0 Å². The van der Waals surface area contributed by atoms with Gasteiger partial charge in [0.1, 0.15) is 0 Å². The van der Waals surface area contributed by atoms with E-state index in [1.54, 1.807) is 24.5 Å². The van der Waals surface area contributed by atoms with Crippen molar-refractivity contribution in [3.05, 3.63) is 60.4 Å². The minimum atomic E-state index is -0.263. The summed E-state index contributed by atoms with van der Waals surface area (Å²) in [6.45, 7) is 1.14. The number of nitrogens with zero attached hydrogens (tertiary/aromatic N) is 2. The van der Waals surface area contributed by atoms with Gasteiger partial charge in [-0.1, -0.05) is 30.3 Å². The molecule has 1 aromatic heterocycles. The zero-order chi connectivity index (χ0) is 19.8. The maximum atomic E-state index is 12.5. The van der Waals surface area contributed by atoms with Crippen molar-refractivity contribution < 1.29 is 9.59 Å². The average molecular weight is 380 g/mol. The maximum absolute atomic E-state index is 12.5.